The van der Waals surface area contributed by atoms with Crippen LogP contribution in [-0.2, 0) is 0 Å². The monoisotopic (exact) mass is 349 g/mol. The van der Waals surface area contributed by atoms with Crippen LogP contribution in [0.15, 0.2) is 59.7 Å². The first-order valence-electron chi connectivity index (χ1n) is 7.96. The molecule has 0 atom stereocenters. The highest BCUT2D eigenvalue weighted by Crippen LogP contribution is 2.16. The number of rotatable bonds is 7. The summed E-state index contributed by atoms with van der Waals surface area (Å²) in [5, 5.41) is 10.2. The Morgan fingerprint density at radius 2 is 1.58 bits per heavy atom. The second-order valence-electron chi connectivity index (χ2n) is 5.16. The summed E-state index contributed by atoms with van der Waals surface area (Å²) < 4.78 is 5.29. The maximum atomic E-state index is 5.29. The molecule has 0 spiro atoms. The molecule has 0 unspecified atom stereocenters. The number of hydrazone groups is 1. The Kier molecular flexibility index (Phi) is 5.56. The largest absolute Gasteiger partial charge is 0.496 e. The Labute approximate surface area is 151 Å². The number of nitrogens with zero attached hydrogens (tertiary/aromatic N) is 4. The summed E-state index contributed by atoms with van der Waals surface area (Å²) in [4.78, 5) is 12.8. The lowest BCUT2D eigenvalue weighted by Crippen LogP contribution is -2.07. The van der Waals surface area contributed by atoms with E-state index in [9.17, 15) is 0 Å². The standard InChI is InChI=1S/C18H19N7O/c1-19-16-22-17(21-14-9-4-3-5-10-14)24-18(23-16)25-20-12-13-8-6-7-11-15(13)26-2/h3-12H,1-2H3,(H3,19,21,22,23,24,25)/b20-12-. The molecule has 3 N–H and O–H groups in total. The molecule has 0 bridgehead atoms. The molecular weight excluding hydrogens is 330 g/mol. The smallest absolute Gasteiger partial charge is 0.250 e. The Morgan fingerprint density at radius 3 is 2.35 bits per heavy atom. The van der Waals surface area contributed by atoms with Gasteiger partial charge in [-0.25, -0.2) is 5.43 Å². The zero-order chi connectivity index (χ0) is 18.2. The molecule has 0 aliphatic carbocycles. The Morgan fingerprint density at radius 1 is 0.885 bits per heavy atom. The molecule has 26 heavy (non-hydrogen) atoms. The predicted molar refractivity (Wildman–Crippen MR) is 103 cm³/mol. The van der Waals surface area contributed by atoms with Crippen molar-refractivity contribution in [3.63, 3.8) is 0 Å². The van der Waals surface area contributed by atoms with Crippen molar-refractivity contribution in [2.75, 3.05) is 30.2 Å². The van der Waals surface area contributed by atoms with Gasteiger partial charge in [-0.15, -0.1) is 0 Å². The molecule has 0 radical (unpaired) electrons. The number of nitrogens with one attached hydrogen (secondary N) is 3. The highest BCUT2D eigenvalue weighted by molar-refractivity contribution is 5.83. The summed E-state index contributed by atoms with van der Waals surface area (Å²) in [5.74, 6) is 1.88. The zero-order valence-electron chi connectivity index (χ0n) is 14.5. The highest BCUT2D eigenvalue weighted by Gasteiger charge is 2.05. The van der Waals surface area contributed by atoms with Crippen LogP contribution in [0.2, 0.25) is 0 Å². The normalized spacial score (nSPS) is 10.5. The molecule has 132 valence electrons. The highest BCUT2D eigenvalue weighted by atomic mass is 16.5. The van der Waals surface area contributed by atoms with Crippen molar-refractivity contribution in [3.05, 3.63) is 60.2 Å². The predicted octanol–water partition coefficient (Wildman–Crippen LogP) is 3.11. The third-order valence-electron chi connectivity index (χ3n) is 3.40. The zero-order valence-corrected chi connectivity index (χ0v) is 14.5. The number of para-hydroxylation sites is 2. The first kappa shape index (κ1) is 17.2. The summed E-state index contributed by atoms with van der Waals surface area (Å²) in [7, 11) is 3.36. The van der Waals surface area contributed by atoms with Crippen LogP contribution in [0.1, 0.15) is 5.56 Å². The molecule has 3 rings (SSSR count). The lowest BCUT2D eigenvalue weighted by atomic mass is 10.2. The van der Waals surface area contributed by atoms with E-state index in [2.05, 4.69) is 36.1 Å². The van der Waals surface area contributed by atoms with Crippen LogP contribution in [0.4, 0.5) is 23.5 Å². The van der Waals surface area contributed by atoms with Gasteiger partial charge in [-0.05, 0) is 24.3 Å². The number of hydrogen-bond acceptors (Lipinski definition) is 8. The van der Waals surface area contributed by atoms with Crippen LogP contribution in [-0.4, -0.2) is 35.3 Å². The fourth-order valence-corrected chi connectivity index (χ4v) is 2.18. The molecule has 0 saturated heterocycles. The molecule has 3 aromatic rings. The van der Waals surface area contributed by atoms with E-state index in [1.165, 1.54) is 0 Å². The van der Waals surface area contributed by atoms with Crippen LogP contribution < -0.4 is 20.8 Å². The van der Waals surface area contributed by atoms with Gasteiger partial charge in [0.2, 0.25) is 17.8 Å². The molecule has 1 aromatic heterocycles. The summed E-state index contributed by atoms with van der Waals surface area (Å²) >= 11 is 0. The summed E-state index contributed by atoms with van der Waals surface area (Å²) in [6.07, 6.45) is 1.64. The van der Waals surface area contributed by atoms with E-state index in [1.54, 1.807) is 20.4 Å². The van der Waals surface area contributed by atoms with Crippen molar-refractivity contribution in [3.8, 4) is 5.75 Å². The second-order valence-corrected chi connectivity index (χ2v) is 5.16. The first-order valence-corrected chi connectivity index (χ1v) is 7.96. The average Bonchev–Trinajstić information content (AvgIpc) is 2.69. The Hall–Kier alpha value is -3.68. The molecule has 2 aromatic carbocycles. The molecule has 0 amide bonds. The maximum Gasteiger partial charge on any atom is 0.250 e. The lowest BCUT2D eigenvalue weighted by Gasteiger charge is -2.08. The van der Waals surface area contributed by atoms with Crippen molar-refractivity contribution < 1.29 is 4.74 Å². The van der Waals surface area contributed by atoms with Crippen LogP contribution in [0.3, 0.4) is 0 Å². The third kappa shape index (κ3) is 4.44. The Balaban J connectivity index is 1.77. The van der Waals surface area contributed by atoms with E-state index in [1.807, 2.05) is 54.6 Å². The third-order valence-corrected chi connectivity index (χ3v) is 3.40. The first-order chi connectivity index (χ1) is 12.8. The van der Waals surface area contributed by atoms with Crippen molar-refractivity contribution in [2.45, 2.75) is 0 Å². The van der Waals surface area contributed by atoms with E-state index in [0.29, 0.717) is 17.8 Å². The van der Waals surface area contributed by atoms with Crippen LogP contribution in [0.25, 0.3) is 0 Å². The Bertz CT molecular complexity index is 884. The fourth-order valence-electron chi connectivity index (χ4n) is 2.18. The van der Waals surface area contributed by atoms with Gasteiger partial charge in [-0.1, -0.05) is 30.3 Å². The molecular formula is C18H19N7O. The van der Waals surface area contributed by atoms with E-state index in [4.69, 9.17) is 4.74 Å². The van der Waals surface area contributed by atoms with E-state index < -0.39 is 0 Å². The van der Waals surface area contributed by atoms with Gasteiger partial charge >= 0.3 is 0 Å². The van der Waals surface area contributed by atoms with Gasteiger partial charge in [0.25, 0.3) is 0 Å². The molecule has 0 aliphatic rings. The molecule has 8 nitrogen and oxygen atoms in total. The topological polar surface area (TPSA) is 96.4 Å². The van der Waals surface area contributed by atoms with Crippen molar-refractivity contribution in [1.29, 1.82) is 0 Å². The molecule has 0 aliphatic heterocycles. The minimum absolute atomic E-state index is 0.314. The van der Waals surface area contributed by atoms with Gasteiger partial charge < -0.3 is 15.4 Å². The molecule has 0 saturated carbocycles. The lowest BCUT2D eigenvalue weighted by molar-refractivity contribution is 0.414. The minimum Gasteiger partial charge on any atom is -0.496 e. The number of hydrogen-bond donors (Lipinski definition) is 3. The van der Waals surface area contributed by atoms with Crippen molar-refractivity contribution in [2.24, 2.45) is 5.10 Å². The number of methoxy groups -OCH3 is 1. The second kappa shape index (κ2) is 8.43. The van der Waals surface area contributed by atoms with Crippen LogP contribution >= 0.6 is 0 Å². The SMILES string of the molecule is CNc1nc(N/N=C\c2ccccc2OC)nc(Nc2ccccc2)n1. The number of aromatic nitrogens is 3. The van der Waals surface area contributed by atoms with E-state index >= 15 is 0 Å². The molecule has 1 heterocycles. The van der Waals surface area contributed by atoms with Gasteiger partial charge in [-0.3, -0.25) is 0 Å². The van der Waals surface area contributed by atoms with Gasteiger partial charge in [-0.2, -0.15) is 20.1 Å². The van der Waals surface area contributed by atoms with Gasteiger partial charge in [0.1, 0.15) is 5.75 Å². The summed E-state index contributed by atoms with van der Waals surface area (Å²) in [5.41, 5.74) is 4.54. The van der Waals surface area contributed by atoms with Crippen LogP contribution in [0.5, 0.6) is 5.75 Å². The average molecular weight is 349 g/mol. The van der Waals surface area contributed by atoms with Crippen molar-refractivity contribution >= 4 is 29.7 Å². The van der Waals surface area contributed by atoms with Crippen molar-refractivity contribution in [1.82, 2.24) is 15.0 Å². The molecule has 8 heteroatoms. The quantitative estimate of drug-likeness (QED) is 0.445. The number of ether oxygens (including phenoxy) is 1. The van der Waals surface area contributed by atoms with Gasteiger partial charge in [0, 0.05) is 18.3 Å². The summed E-state index contributed by atoms with van der Waals surface area (Å²) in [6, 6.07) is 17.2. The van der Waals surface area contributed by atoms with Gasteiger partial charge in [0.15, 0.2) is 0 Å². The molecule has 0 fully saturated rings. The van der Waals surface area contributed by atoms with Gasteiger partial charge in [0.05, 0.1) is 13.3 Å². The van der Waals surface area contributed by atoms with Crippen LogP contribution in [0, 0.1) is 0 Å². The van der Waals surface area contributed by atoms with E-state index in [0.717, 1.165) is 17.0 Å². The van der Waals surface area contributed by atoms with E-state index in [-0.39, 0.29) is 0 Å². The fraction of sp³-hybridized carbons (Fsp3) is 0.111. The minimum atomic E-state index is 0.314. The summed E-state index contributed by atoms with van der Waals surface area (Å²) in [6.45, 7) is 0. The maximum absolute atomic E-state index is 5.29. The number of anilines is 4. The number of benzene rings is 2.